The van der Waals surface area contributed by atoms with Crippen LogP contribution in [0.25, 0.3) is 10.2 Å². The molecule has 0 aliphatic rings. The maximum atomic E-state index is 5.70. The maximum Gasteiger partial charge on any atom is 0.228 e. The molecule has 0 atom stereocenters. The summed E-state index contributed by atoms with van der Waals surface area (Å²) >= 11 is 1.55. The highest BCUT2D eigenvalue weighted by Gasteiger charge is 2.20. The first-order chi connectivity index (χ1) is 7.91. The van der Waals surface area contributed by atoms with E-state index >= 15 is 0 Å². The molecule has 0 unspecified atom stereocenters. The number of fused-ring (bicyclic) bond motifs is 1. The third kappa shape index (κ3) is 2.32. The molecule has 2 heterocycles. The minimum absolute atomic E-state index is 0.196. The van der Waals surface area contributed by atoms with Crippen LogP contribution in [0.4, 0.5) is 5.95 Å². The number of terminal acetylenes is 1. The molecular formula is C12H13N3OS. The number of hydrogen-bond acceptors (Lipinski definition) is 5. The second kappa shape index (κ2) is 3.90. The maximum absolute atomic E-state index is 5.70. The molecule has 2 aromatic heterocycles. The van der Waals surface area contributed by atoms with E-state index in [0.29, 0.717) is 5.88 Å². The molecule has 2 rings (SSSR count). The lowest BCUT2D eigenvalue weighted by Gasteiger charge is -2.19. The van der Waals surface area contributed by atoms with Crippen LogP contribution < -0.4 is 10.5 Å². The van der Waals surface area contributed by atoms with Gasteiger partial charge in [0.2, 0.25) is 11.8 Å². The summed E-state index contributed by atoms with van der Waals surface area (Å²) < 4.78 is 5.70. The van der Waals surface area contributed by atoms with E-state index in [0.717, 1.165) is 15.1 Å². The predicted octanol–water partition coefficient (Wildman–Crippen LogP) is 2.37. The fourth-order valence-electron chi connectivity index (χ4n) is 1.38. The van der Waals surface area contributed by atoms with Crippen molar-refractivity contribution in [3.63, 3.8) is 0 Å². The molecule has 0 saturated heterocycles. The van der Waals surface area contributed by atoms with E-state index in [-0.39, 0.29) is 5.95 Å². The largest absolute Gasteiger partial charge is 0.458 e. The Bertz CT molecular complexity index is 610. The Morgan fingerprint density at radius 1 is 1.47 bits per heavy atom. The van der Waals surface area contributed by atoms with E-state index in [2.05, 4.69) is 15.9 Å². The normalized spacial score (nSPS) is 11.4. The predicted molar refractivity (Wildman–Crippen MR) is 70.1 cm³/mol. The Labute approximate surface area is 104 Å². The number of aryl methyl sites for hydroxylation is 1. The van der Waals surface area contributed by atoms with Crippen LogP contribution >= 0.6 is 11.3 Å². The van der Waals surface area contributed by atoms with Gasteiger partial charge in [-0.1, -0.05) is 5.92 Å². The summed E-state index contributed by atoms with van der Waals surface area (Å²) in [7, 11) is 0. The van der Waals surface area contributed by atoms with E-state index in [1.165, 1.54) is 0 Å². The van der Waals surface area contributed by atoms with Crippen molar-refractivity contribution < 1.29 is 4.74 Å². The number of nitrogens with two attached hydrogens (primary N) is 1. The molecule has 0 spiro atoms. The van der Waals surface area contributed by atoms with Crippen molar-refractivity contribution >= 4 is 27.5 Å². The van der Waals surface area contributed by atoms with Crippen LogP contribution in [0, 0.1) is 19.3 Å². The van der Waals surface area contributed by atoms with E-state index < -0.39 is 5.60 Å². The third-order valence-corrected chi connectivity index (χ3v) is 3.14. The lowest BCUT2D eigenvalue weighted by atomic mass is 10.1. The van der Waals surface area contributed by atoms with Crippen LogP contribution in [0.1, 0.15) is 18.7 Å². The van der Waals surface area contributed by atoms with E-state index in [4.69, 9.17) is 16.9 Å². The number of aromatic nitrogens is 2. The van der Waals surface area contributed by atoms with Crippen molar-refractivity contribution in [1.29, 1.82) is 0 Å². The van der Waals surface area contributed by atoms with Gasteiger partial charge in [0.05, 0.1) is 5.39 Å². The van der Waals surface area contributed by atoms with Gasteiger partial charge in [-0.15, -0.1) is 17.8 Å². The van der Waals surface area contributed by atoms with Crippen molar-refractivity contribution in [3.05, 3.63) is 10.9 Å². The molecule has 88 valence electrons. The molecule has 2 aromatic rings. The molecule has 0 fully saturated rings. The quantitative estimate of drug-likeness (QED) is 0.828. The Kier molecular flexibility index (Phi) is 2.68. The van der Waals surface area contributed by atoms with Crippen LogP contribution in [0.15, 0.2) is 6.07 Å². The zero-order chi connectivity index (χ0) is 12.6. The first-order valence-electron chi connectivity index (χ1n) is 5.12. The molecule has 0 bridgehead atoms. The van der Waals surface area contributed by atoms with Gasteiger partial charge in [-0.25, -0.2) is 4.98 Å². The van der Waals surface area contributed by atoms with Crippen molar-refractivity contribution in [2.75, 3.05) is 5.73 Å². The summed E-state index contributed by atoms with van der Waals surface area (Å²) in [5.41, 5.74) is 4.93. The molecule has 0 aromatic carbocycles. The molecule has 0 amide bonds. The molecule has 0 saturated carbocycles. The van der Waals surface area contributed by atoms with Gasteiger partial charge in [-0.3, -0.25) is 0 Å². The Morgan fingerprint density at radius 2 is 2.18 bits per heavy atom. The molecular weight excluding hydrogens is 234 g/mol. The van der Waals surface area contributed by atoms with E-state index in [9.17, 15) is 0 Å². The van der Waals surface area contributed by atoms with Crippen LogP contribution in [-0.4, -0.2) is 15.6 Å². The lowest BCUT2D eigenvalue weighted by Crippen LogP contribution is -2.26. The van der Waals surface area contributed by atoms with E-state index in [1.807, 2.05) is 13.0 Å². The first kappa shape index (κ1) is 11.7. The van der Waals surface area contributed by atoms with Gasteiger partial charge < -0.3 is 10.5 Å². The molecule has 0 aliphatic heterocycles. The molecule has 0 radical (unpaired) electrons. The highest BCUT2D eigenvalue weighted by Crippen LogP contribution is 2.32. The number of thiophene rings is 1. The average molecular weight is 247 g/mol. The Balaban J connectivity index is 2.57. The van der Waals surface area contributed by atoms with Gasteiger partial charge in [0.25, 0.3) is 0 Å². The number of hydrogen-bond donors (Lipinski definition) is 1. The number of nitrogens with zero attached hydrogens (tertiary/aromatic N) is 2. The van der Waals surface area contributed by atoms with Crippen LogP contribution in [0.5, 0.6) is 5.88 Å². The van der Waals surface area contributed by atoms with Gasteiger partial charge in [-0.05, 0) is 26.8 Å². The number of rotatable bonds is 2. The zero-order valence-electron chi connectivity index (χ0n) is 9.94. The summed E-state index contributed by atoms with van der Waals surface area (Å²) in [5, 5.41) is 0.852. The monoisotopic (exact) mass is 247 g/mol. The fraction of sp³-hybridized carbons (Fsp3) is 0.333. The van der Waals surface area contributed by atoms with Crippen molar-refractivity contribution in [1.82, 2.24) is 9.97 Å². The van der Waals surface area contributed by atoms with E-state index in [1.54, 1.807) is 25.2 Å². The third-order valence-electron chi connectivity index (χ3n) is 2.20. The standard InChI is InChI=1S/C12H13N3OS/c1-5-12(3,4)16-9-8-6-7(2)17-10(8)15-11(13)14-9/h1,6H,2-4H3,(H2,13,14,15). The molecule has 2 N–H and O–H groups in total. The number of ether oxygens (including phenoxy) is 1. The smallest absolute Gasteiger partial charge is 0.228 e. The zero-order valence-corrected chi connectivity index (χ0v) is 10.8. The lowest BCUT2D eigenvalue weighted by molar-refractivity contribution is 0.167. The van der Waals surface area contributed by atoms with Gasteiger partial charge in [-0.2, -0.15) is 4.98 Å². The fourth-order valence-corrected chi connectivity index (χ4v) is 2.26. The van der Waals surface area contributed by atoms with Gasteiger partial charge in [0.15, 0.2) is 5.60 Å². The van der Waals surface area contributed by atoms with Crippen LogP contribution in [0.2, 0.25) is 0 Å². The number of anilines is 1. The first-order valence-corrected chi connectivity index (χ1v) is 5.93. The minimum atomic E-state index is -0.719. The minimum Gasteiger partial charge on any atom is -0.458 e. The summed E-state index contributed by atoms with van der Waals surface area (Å²) in [4.78, 5) is 10.2. The van der Waals surface area contributed by atoms with Gasteiger partial charge >= 0.3 is 0 Å². The Hall–Kier alpha value is -1.80. The second-order valence-corrected chi connectivity index (χ2v) is 5.45. The summed E-state index contributed by atoms with van der Waals surface area (Å²) in [6, 6.07) is 1.97. The summed E-state index contributed by atoms with van der Waals surface area (Å²) in [6.45, 7) is 5.60. The molecule has 5 heteroatoms. The molecule has 0 aliphatic carbocycles. The van der Waals surface area contributed by atoms with Gasteiger partial charge in [0.1, 0.15) is 4.83 Å². The average Bonchev–Trinajstić information content (AvgIpc) is 2.58. The van der Waals surface area contributed by atoms with Crippen molar-refractivity contribution in [3.8, 4) is 18.2 Å². The second-order valence-electron chi connectivity index (χ2n) is 4.22. The van der Waals surface area contributed by atoms with Crippen LogP contribution in [-0.2, 0) is 0 Å². The van der Waals surface area contributed by atoms with Crippen molar-refractivity contribution in [2.24, 2.45) is 0 Å². The summed E-state index contributed by atoms with van der Waals surface area (Å²) in [6.07, 6.45) is 5.39. The SMILES string of the molecule is C#CC(C)(C)Oc1nc(N)nc2sc(C)cc12. The topological polar surface area (TPSA) is 61.0 Å². The summed E-state index contributed by atoms with van der Waals surface area (Å²) in [5.74, 6) is 3.20. The highest BCUT2D eigenvalue weighted by molar-refractivity contribution is 7.18. The highest BCUT2D eigenvalue weighted by atomic mass is 32.1. The molecule has 17 heavy (non-hydrogen) atoms. The Morgan fingerprint density at radius 3 is 2.82 bits per heavy atom. The van der Waals surface area contributed by atoms with Gasteiger partial charge in [0, 0.05) is 4.88 Å². The van der Waals surface area contributed by atoms with Crippen molar-refractivity contribution in [2.45, 2.75) is 26.4 Å². The van der Waals surface area contributed by atoms with Crippen LogP contribution in [0.3, 0.4) is 0 Å². The number of nitrogen functional groups attached to an aromatic ring is 1. The molecule has 4 nitrogen and oxygen atoms in total.